The summed E-state index contributed by atoms with van der Waals surface area (Å²) in [6, 6.07) is 2.13. The zero-order valence-corrected chi connectivity index (χ0v) is 9.72. The summed E-state index contributed by atoms with van der Waals surface area (Å²) in [4.78, 5) is 23.8. The molecule has 3 N–H and O–H groups in total. The van der Waals surface area contributed by atoms with Crippen LogP contribution in [0.15, 0.2) is 26.1 Å². The van der Waals surface area contributed by atoms with Crippen molar-refractivity contribution in [1.82, 2.24) is 0 Å². The molecule has 96 valence electrons. The van der Waals surface area contributed by atoms with E-state index in [1.54, 1.807) is 6.92 Å². The molecule has 6 nitrogen and oxygen atoms in total. The second-order valence-corrected chi connectivity index (χ2v) is 4.30. The zero-order valence-electron chi connectivity index (χ0n) is 9.72. The van der Waals surface area contributed by atoms with E-state index in [0.717, 1.165) is 6.07 Å². The molecule has 19 heavy (non-hydrogen) atoms. The molecule has 1 heterocycles. The van der Waals surface area contributed by atoms with Crippen LogP contribution in [-0.2, 0) is 0 Å². The lowest BCUT2D eigenvalue weighted by molar-refractivity contribution is 0.261. The fraction of sp³-hybridized carbons (Fsp3) is 0.0769. The molecule has 6 heteroatoms. The number of hydrogen-bond donors (Lipinski definition) is 3. The van der Waals surface area contributed by atoms with Gasteiger partial charge in [0.05, 0.1) is 0 Å². The lowest BCUT2D eigenvalue weighted by Gasteiger charge is -2.09. The largest absolute Gasteiger partial charge is 0.507 e. The van der Waals surface area contributed by atoms with Gasteiger partial charge >= 0.3 is 0 Å². The third kappa shape index (κ3) is 1.31. The van der Waals surface area contributed by atoms with Crippen LogP contribution in [0.2, 0.25) is 0 Å². The Hall–Kier alpha value is -2.76. The minimum atomic E-state index is -0.787. The molecule has 0 saturated heterocycles. The van der Waals surface area contributed by atoms with Crippen molar-refractivity contribution in [3.8, 4) is 17.6 Å². The van der Waals surface area contributed by atoms with Crippen LogP contribution in [0.25, 0.3) is 21.5 Å². The van der Waals surface area contributed by atoms with Crippen molar-refractivity contribution in [2.24, 2.45) is 0 Å². The van der Waals surface area contributed by atoms with Crippen molar-refractivity contribution in [2.75, 3.05) is 0 Å². The van der Waals surface area contributed by atoms with Gasteiger partial charge < -0.3 is 19.7 Å². The first-order valence-corrected chi connectivity index (χ1v) is 5.39. The Morgan fingerprint density at radius 2 is 1.42 bits per heavy atom. The second-order valence-electron chi connectivity index (χ2n) is 4.30. The minimum absolute atomic E-state index is 0.0104. The maximum Gasteiger partial charge on any atom is 0.296 e. The van der Waals surface area contributed by atoms with Gasteiger partial charge in [-0.05, 0) is 18.6 Å². The highest BCUT2D eigenvalue weighted by molar-refractivity contribution is 6.15. The molecule has 0 amide bonds. The molecule has 0 aliphatic heterocycles. The number of phenols is 1. The van der Waals surface area contributed by atoms with E-state index >= 15 is 0 Å². The topological polar surface area (TPSA) is 108 Å². The van der Waals surface area contributed by atoms with Crippen molar-refractivity contribution >= 4 is 21.5 Å². The quantitative estimate of drug-likeness (QED) is 0.560. The fourth-order valence-corrected chi connectivity index (χ4v) is 2.37. The van der Waals surface area contributed by atoms with Crippen LogP contribution < -0.4 is 10.9 Å². The van der Waals surface area contributed by atoms with E-state index < -0.39 is 28.5 Å². The Bertz CT molecular complexity index is 919. The van der Waals surface area contributed by atoms with Gasteiger partial charge in [0.25, 0.3) is 11.9 Å². The van der Waals surface area contributed by atoms with Gasteiger partial charge in [0.2, 0.25) is 0 Å². The number of phenolic OH excluding ortho intramolecular Hbond substituents is 1. The van der Waals surface area contributed by atoms with Crippen molar-refractivity contribution in [3.63, 3.8) is 0 Å². The van der Waals surface area contributed by atoms with Crippen molar-refractivity contribution in [3.05, 3.63) is 38.1 Å². The van der Waals surface area contributed by atoms with Gasteiger partial charge in [-0.2, -0.15) is 0 Å². The Morgan fingerprint density at radius 3 is 2.11 bits per heavy atom. The molecule has 0 bridgehead atoms. The summed E-state index contributed by atoms with van der Waals surface area (Å²) in [7, 11) is 0. The number of rotatable bonds is 0. The normalized spacial score (nSPS) is 11.4. The SMILES string of the molecule is Cc1cc(=O)c2c(O)oc(O)c3c(O)cc(=O)c1c32. The Kier molecular flexibility index (Phi) is 2.02. The molecule has 0 aliphatic carbocycles. The van der Waals surface area contributed by atoms with Crippen LogP contribution in [-0.4, -0.2) is 15.3 Å². The van der Waals surface area contributed by atoms with Gasteiger partial charge in [0.1, 0.15) is 16.5 Å². The smallest absolute Gasteiger partial charge is 0.296 e. The number of aromatic hydroxyl groups is 3. The van der Waals surface area contributed by atoms with E-state index in [0.29, 0.717) is 5.56 Å². The van der Waals surface area contributed by atoms with E-state index in [1.807, 2.05) is 0 Å². The molecule has 3 rings (SSSR count). The van der Waals surface area contributed by atoms with Crippen molar-refractivity contribution in [1.29, 1.82) is 0 Å². The minimum Gasteiger partial charge on any atom is -0.507 e. The molecule has 0 saturated carbocycles. The van der Waals surface area contributed by atoms with Crippen molar-refractivity contribution in [2.45, 2.75) is 6.92 Å². The third-order valence-electron chi connectivity index (χ3n) is 3.13. The summed E-state index contributed by atoms with van der Waals surface area (Å²) in [6.45, 7) is 1.56. The second kappa shape index (κ2) is 3.38. The first-order valence-electron chi connectivity index (χ1n) is 5.39. The lowest BCUT2D eigenvalue weighted by Crippen LogP contribution is -2.09. The maximum absolute atomic E-state index is 11.9. The highest BCUT2D eigenvalue weighted by Gasteiger charge is 2.22. The van der Waals surface area contributed by atoms with E-state index in [4.69, 9.17) is 0 Å². The van der Waals surface area contributed by atoms with Crippen LogP contribution in [0.1, 0.15) is 5.56 Å². The van der Waals surface area contributed by atoms with Gasteiger partial charge in [0, 0.05) is 16.8 Å². The highest BCUT2D eigenvalue weighted by Crippen LogP contribution is 2.40. The monoisotopic (exact) mass is 260 g/mol. The molecule has 0 radical (unpaired) electrons. The summed E-state index contributed by atoms with van der Waals surface area (Å²) in [5.41, 5.74) is -0.656. The lowest BCUT2D eigenvalue weighted by atomic mass is 9.98. The molecule has 0 spiro atoms. The van der Waals surface area contributed by atoms with Crippen LogP contribution in [0, 0.1) is 6.92 Å². The predicted octanol–water partition coefficient (Wildman–Crippen LogP) is 1.17. The summed E-state index contributed by atoms with van der Waals surface area (Å²) < 4.78 is 4.63. The number of aryl methyl sites for hydroxylation is 1. The van der Waals surface area contributed by atoms with Crippen molar-refractivity contribution < 1.29 is 19.7 Å². The molecular weight excluding hydrogens is 252 g/mol. The van der Waals surface area contributed by atoms with E-state index in [1.165, 1.54) is 6.07 Å². The Labute approximate surface area is 105 Å². The molecule has 0 atom stereocenters. The van der Waals surface area contributed by atoms with E-state index in [9.17, 15) is 24.9 Å². The fourth-order valence-electron chi connectivity index (χ4n) is 2.37. The molecular formula is C13H8O6. The number of hydrogen-bond acceptors (Lipinski definition) is 6. The molecule has 0 fully saturated rings. The summed E-state index contributed by atoms with van der Waals surface area (Å²) >= 11 is 0. The average Bonchev–Trinajstić information content (AvgIpc) is 2.25. The average molecular weight is 260 g/mol. The van der Waals surface area contributed by atoms with E-state index in [2.05, 4.69) is 4.42 Å². The summed E-state index contributed by atoms with van der Waals surface area (Å²) in [6.07, 6.45) is 0. The highest BCUT2D eigenvalue weighted by atomic mass is 16.5. The molecule has 0 aliphatic rings. The van der Waals surface area contributed by atoms with Gasteiger partial charge in [-0.1, -0.05) is 0 Å². The summed E-state index contributed by atoms with van der Waals surface area (Å²) in [5.74, 6) is -2.05. The van der Waals surface area contributed by atoms with Gasteiger partial charge in [-0.15, -0.1) is 0 Å². The Morgan fingerprint density at radius 1 is 0.842 bits per heavy atom. The first-order chi connectivity index (χ1) is 8.91. The molecule has 3 aromatic rings. The molecule has 1 aromatic heterocycles. The Balaban J connectivity index is 2.90. The number of benzene rings is 2. The van der Waals surface area contributed by atoms with Gasteiger partial charge in [0.15, 0.2) is 10.9 Å². The van der Waals surface area contributed by atoms with Crippen LogP contribution in [0.5, 0.6) is 17.6 Å². The van der Waals surface area contributed by atoms with Crippen LogP contribution >= 0.6 is 0 Å². The van der Waals surface area contributed by atoms with E-state index in [-0.39, 0.29) is 21.5 Å². The maximum atomic E-state index is 11.9. The molecule has 2 aromatic carbocycles. The first kappa shape index (κ1) is 11.3. The van der Waals surface area contributed by atoms with Crippen LogP contribution in [0.4, 0.5) is 0 Å². The third-order valence-corrected chi connectivity index (χ3v) is 3.13. The summed E-state index contributed by atoms with van der Waals surface area (Å²) in [5, 5.41) is 28.8. The van der Waals surface area contributed by atoms with Crippen LogP contribution in [0.3, 0.4) is 0 Å². The predicted molar refractivity (Wildman–Crippen MR) is 67.2 cm³/mol. The molecule has 0 unspecified atom stereocenters. The van der Waals surface area contributed by atoms with Gasteiger partial charge in [-0.25, -0.2) is 0 Å². The standard InChI is InChI=1S/C13H8O6/c1-4-2-5(14)9-11-8(4)6(15)3-7(16)10(11)13(18)19-12(9)17/h2-3,16-18H,1H3. The van der Waals surface area contributed by atoms with Gasteiger partial charge in [-0.3, -0.25) is 9.59 Å². The zero-order chi connectivity index (χ0) is 13.9.